The van der Waals surface area contributed by atoms with Crippen molar-refractivity contribution in [1.82, 2.24) is 4.98 Å². The molecule has 0 saturated heterocycles. The number of carbonyl (C=O) groups is 2. The Bertz CT molecular complexity index is 1100. The van der Waals surface area contributed by atoms with Gasteiger partial charge in [0.05, 0.1) is 48.0 Å². The molecule has 0 radical (unpaired) electrons. The topological polar surface area (TPSA) is 59.5 Å². The molecule has 27 heavy (non-hydrogen) atoms. The number of hydrogen-bond donors (Lipinski definition) is 0. The van der Waals surface area contributed by atoms with Crippen LogP contribution in [0.25, 0.3) is 10.2 Å². The predicted molar refractivity (Wildman–Crippen MR) is 108 cm³/mol. The van der Waals surface area contributed by atoms with Crippen LogP contribution in [0.5, 0.6) is 5.75 Å². The lowest BCUT2D eigenvalue weighted by molar-refractivity contribution is 0.0926. The van der Waals surface area contributed by atoms with Crippen molar-refractivity contribution in [2.45, 2.75) is 6.92 Å². The number of ether oxygens (including phenoxy) is 1. The maximum absolute atomic E-state index is 12.9. The summed E-state index contributed by atoms with van der Waals surface area (Å²) in [5, 5.41) is -0.168. The summed E-state index contributed by atoms with van der Waals surface area (Å²) in [6.45, 7) is 2.40. The van der Waals surface area contributed by atoms with E-state index in [4.69, 9.17) is 51.1 Å². The van der Waals surface area contributed by atoms with Crippen LogP contribution in [0.2, 0.25) is 20.1 Å². The standard InChI is InChI=1S/C17H8Cl4N2O3S/c1-2-26-6-3-4-7-8(5-6)27-17(22-7)23-15(24)9-10(16(23)25)12(19)14(21)13(20)11(9)18/h3-5H,2H2,1H3. The fraction of sp³-hybridized carbons (Fsp3) is 0.118. The Morgan fingerprint density at radius 1 is 1.00 bits per heavy atom. The minimum absolute atomic E-state index is 0.0734. The molecule has 0 saturated carbocycles. The summed E-state index contributed by atoms with van der Waals surface area (Å²) in [6.07, 6.45) is 0. The van der Waals surface area contributed by atoms with Crippen molar-refractivity contribution >= 4 is 84.9 Å². The van der Waals surface area contributed by atoms with Crippen LogP contribution in [-0.2, 0) is 0 Å². The molecule has 0 fully saturated rings. The van der Waals surface area contributed by atoms with Gasteiger partial charge in [-0.25, -0.2) is 9.88 Å². The van der Waals surface area contributed by atoms with Crippen LogP contribution >= 0.6 is 57.7 Å². The van der Waals surface area contributed by atoms with Gasteiger partial charge in [0, 0.05) is 0 Å². The van der Waals surface area contributed by atoms with E-state index in [-0.39, 0.29) is 36.3 Å². The highest BCUT2D eigenvalue weighted by atomic mass is 35.5. The summed E-state index contributed by atoms with van der Waals surface area (Å²) in [5.41, 5.74) is 0.480. The van der Waals surface area contributed by atoms with Crippen molar-refractivity contribution in [3.8, 4) is 5.75 Å². The average Bonchev–Trinajstić information content (AvgIpc) is 3.16. The lowest BCUT2D eigenvalue weighted by atomic mass is 10.1. The molecule has 5 nitrogen and oxygen atoms in total. The van der Waals surface area contributed by atoms with E-state index in [1.807, 2.05) is 6.92 Å². The molecule has 0 unspecified atom stereocenters. The van der Waals surface area contributed by atoms with Crippen molar-refractivity contribution in [3.63, 3.8) is 0 Å². The zero-order valence-corrected chi connectivity index (χ0v) is 17.3. The molecule has 2 amide bonds. The molecular formula is C17H8Cl4N2O3S. The second-order valence-electron chi connectivity index (χ2n) is 5.51. The van der Waals surface area contributed by atoms with Gasteiger partial charge < -0.3 is 4.74 Å². The fourth-order valence-corrected chi connectivity index (χ4v) is 4.77. The van der Waals surface area contributed by atoms with E-state index >= 15 is 0 Å². The number of imide groups is 1. The van der Waals surface area contributed by atoms with Gasteiger partial charge in [-0.1, -0.05) is 57.7 Å². The SMILES string of the molecule is CCOc1ccc2nc(N3C(=O)c4c(Cl)c(Cl)c(Cl)c(Cl)c4C3=O)sc2c1. The van der Waals surface area contributed by atoms with Crippen molar-refractivity contribution in [1.29, 1.82) is 0 Å². The van der Waals surface area contributed by atoms with Gasteiger partial charge in [-0.2, -0.15) is 0 Å². The van der Waals surface area contributed by atoms with Crippen molar-refractivity contribution in [2.75, 3.05) is 11.5 Å². The highest BCUT2D eigenvalue weighted by Crippen LogP contribution is 2.46. The van der Waals surface area contributed by atoms with E-state index in [1.165, 1.54) is 11.3 Å². The molecular weight excluding hydrogens is 454 g/mol. The predicted octanol–water partition coefficient (Wildman–Crippen LogP) is 6.11. The molecule has 0 atom stereocenters. The molecule has 4 rings (SSSR count). The lowest BCUT2D eigenvalue weighted by Crippen LogP contribution is -2.29. The van der Waals surface area contributed by atoms with E-state index in [0.717, 1.165) is 9.60 Å². The monoisotopic (exact) mass is 460 g/mol. The first kappa shape index (κ1) is 18.8. The third kappa shape index (κ3) is 2.79. The van der Waals surface area contributed by atoms with Crippen molar-refractivity contribution in [2.24, 2.45) is 0 Å². The second-order valence-corrected chi connectivity index (χ2v) is 8.03. The van der Waals surface area contributed by atoms with Crippen molar-refractivity contribution < 1.29 is 14.3 Å². The van der Waals surface area contributed by atoms with E-state index in [0.29, 0.717) is 17.9 Å². The number of benzene rings is 2. The zero-order valence-electron chi connectivity index (χ0n) is 13.5. The van der Waals surface area contributed by atoms with Crippen LogP contribution in [0, 0.1) is 0 Å². The summed E-state index contributed by atoms with van der Waals surface area (Å²) < 4.78 is 6.23. The Morgan fingerprint density at radius 3 is 2.15 bits per heavy atom. The minimum atomic E-state index is -0.649. The Kier molecular flexibility index (Phi) is 4.72. The van der Waals surface area contributed by atoms with Crippen LogP contribution in [0.3, 0.4) is 0 Å². The molecule has 1 aromatic heterocycles. The molecule has 1 aliphatic heterocycles. The van der Waals surface area contributed by atoms with E-state index in [9.17, 15) is 9.59 Å². The molecule has 2 heterocycles. The molecule has 0 spiro atoms. The Hall–Kier alpha value is -1.57. The van der Waals surface area contributed by atoms with Gasteiger partial charge in [-0.3, -0.25) is 9.59 Å². The fourth-order valence-electron chi connectivity index (χ4n) is 2.77. The molecule has 10 heteroatoms. The molecule has 0 bridgehead atoms. The van der Waals surface area contributed by atoms with Crippen LogP contribution < -0.4 is 9.64 Å². The van der Waals surface area contributed by atoms with Crippen LogP contribution in [-0.4, -0.2) is 23.4 Å². The number of aromatic nitrogens is 1. The molecule has 3 aromatic rings. The first-order valence-electron chi connectivity index (χ1n) is 7.63. The smallest absolute Gasteiger partial charge is 0.269 e. The minimum Gasteiger partial charge on any atom is -0.494 e. The summed E-state index contributed by atoms with van der Waals surface area (Å²) in [5.74, 6) is -0.624. The average molecular weight is 462 g/mol. The van der Waals surface area contributed by atoms with E-state index in [2.05, 4.69) is 4.98 Å². The number of thiazole rings is 1. The second kappa shape index (κ2) is 6.79. The van der Waals surface area contributed by atoms with Crippen LogP contribution in [0.1, 0.15) is 27.6 Å². The summed E-state index contributed by atoms with van der Waals surface area (Å²) >= 11 is 25.5. The number of carbonyl (C=O) groups excluding carboxylic acids is 2. The normalized spacial score (nSPS) is 13.6. The first-order chi connectivity index (χ1) is 12.8. The summed E-state index contributed by atoms with van der Waals surface area (Å²) in [4.78, 5) is 31.1. The largest absolute Gasteiger partial charge is 0.494 e. The third-order valence-electron chi connectivity index (χ3n) is 3.95. The Morgan fingerprint density at radius 2 is 1.59 bits per heavy atom. The van der Waals surface area contributed by atoms with Gasteiger partial charge >= 0.3 is 0 Å². The molecule has 1 aliphatic rings. The number of nitrogens with zero attached hydrogens (tertiary/aromatic N) is 2. The van der Waals surface area contributed by atoms with Gasteiger partial charge in [-0.15, -0.1) is 0 Å². The molecule has 0 aliphatic carbocycles. The maximum atomic E-state index is 12.9. The number of fused-ring (bicyclic) bond motifs is 2. The maximum Gasteiger partial charge on any atom is 0.269 e. The highest BCUT2D eigenvalue weighted by Gasteiger charge is 2.43. The molecule has 2 aromatic carbocycles. The van der Waals surface area contributed by atoms with E-state index in [1.54, 1.807) is 18.2 Å². The molecule has 138 valence electrons. The summed E-state index contributed by atoms with van der Waals surface area (Å²) in [7, 11) is 0. The van der Waals surface area contributed by atoms with Gasteiger partial charge in [-0.05, 0) is 25.1 Å². The number of rotatable bonds is 3. The van der Waals surface area contributed by atoms with Crippen molar-refractivity contribution in [3.05, 3.63) is 49.4 Å². The lowest BCUT2D eigenvalue weighted by Gasteiger charge is -2.08. The number of hydrogen-bond acceptors (Lipinski definition) is 5. The van der Waals surface area contributed by atoms with Gasteiger partial charge in [0.2, 0.25) is 5.13 Å². The van der Waals surface area contributed by atoms with Crippen LogP contribution in [0.4, 0.5) is 5.13 Å². The quantitative estimate of drug-likeness (QED) is 0.268. The number of amides is 2. The summed E-state index contributed by atoms with van der Waals surface area (Å²) in [6, 6.07) is 5.32. The van der Waals surface area contributed by atoms with Gasteiger partial charge in [0.25, 0.3) is 11.8 Å². The number of halogens is 4. The highest BCUT2D eigenvalue weighted by molar-refractivity contribution is 7.22. The third-order valence-corrected chi connectivity index (χ3v) is 6.76. The van der Waals surface area contributed by atoms with E-state index < -0.39 is 11.8 Å². The number of anilines is 1. The Balaban J connectivity index is 1.85. The van der Waals surface area contributed by atoms with Gasteiger partial charge in [0.1, 0.15) is 5.75 Å². The Labute approximate surface area is 177 Å². The van der Waals surface area contributed by atoms with Crippen LogP contribution in [0.15, 0.2) is 18.2 Å². The molecule has 0 N–H and O–H groups in total. The first-order valence-corrected chi connectivity index (χ1v) is 9.96. The van der Waals surface area contributed by atoms with Gasteiger partial charge in [0.15, 0.2) is 0 Å². The zero-order chi connectivity index (χ0) is 19.5.